The highest BCUT2D eigenvalue weighted by atomic mass is 16.5. The fourth-order valence-electron chi connectivity index (χ4n) is 1.26. The van der Waals surface area contributed by atoms with Gasteiger partial charge in [0.15, 0.2) is 0 Å². The van der Waals surface area contributed by atoms with Gasteiger partial charge in [0.1, 0.15) is 11.9 Å². The maximum Gasteiger partial charge on any atom is 0.252 e. The van der Waals surface area contributed by atoms with Crippen LogP contribution in [0.4, 0.5) is 0 Å². The van der Waals surface area contributed by atoms with Crippen molar-refractivity contribution in [1.29, 1.82) is 0 Å². The maximum absolute atomic E-state index is 11.1. The van der Waals surface area contributed by atoms with E-state index in [0.717, 1.165) is 0 Å². The average molecular weight is 209 g/mol. The Morgan fingerprint density at radius 1 is 1.47 bits per heavy atom. The van der Waals surface area contributed by atoms with Crippen molar-refractivity contribution >= 4 is 5.91 Å². The van der Waals surface area contributed by atoms with E-state index >= 15 is 0 Å². The Morgan fingerprint density at radius 3 is 2.73 bits per heavy atom. The molecule has 1 atom stereocenters. The fraction of sp³-hybridized carbons (Fsp3) is 0.364. The van der Waals surface area contributed by atoms with Crippen LogP contribution >= 0.6 is 0 Å². The van der Waals surface area contributed by atoms with Gasteiger partial charge in [0.2, 0.25) is 0 Å². The molecule has 1 amide bonds. The Kier molecular flexibility index (Phi) is 4.12. The highest BCUT2D eigenvalue weighted by Crippen LogP contribution is 2.18. The lowest BCUT2D eigenvalue weighted by Gasteiger charge is -2.15. The van der Waals surface area contributed by atoms with Crippen molar-refractivity contribution in [3.63, 3.8) is 0 Å². The summed E-state index contributed by atoms with van der Waals surface area (Å²) in [5.74, 6) is 0.00441. The van der Waals surface area contributed by atoms with Crippen molar-refractivity contribution in [3.8, 4) is 5.75 Å². The Labute approximate surface area is 89.0 Å². The largest absolute Gasteiger partial charge is 0.487 e. The normalized spacial score (nSPS) is 12.1. The fourth-order valence-corrected chi connectivity index (χ4v) is 1.26. The third kappa shape index (κ3) is 3.25. The van der Waals surface area contributed by atoms with Crippen molar-refractivity contribution in [2.45, 2.75) is 13.0 Å². The smallest absolute Gasteiger partial charge is 0.252 e. The van der Waals surface area contributed by atoms with Crippen molar-refractivity contribution in [2.24, 2.45) is 5.73 Å². The molecule has 2 N–H and O–H groups in total. The number of hydrogen-bond donors (Lipinski definition) is 1. The highest BCUT2D eigenvalue weighted by molar-refractivity contribution is 5.95. The van der Waals surface area contributed by atoms with E-state index in [1.807, 2.05) is 6.92 Å². The predicted molar refractivity (Wildman–Crippen MR) is 56.9 cm³/mol. The van der Waals surface area contributed by atoms with Gasteiger partial charge in [0.05, 0.1) is 12.2 Å². The Hall–Kier alpha value is -1.55. The zero-order valence-electron chi connectivity index (χ0n) is 8.90. The van der Waals surface area contributed by atoms with Crippen LogP contribution in [-0.2, 0) is 4.74 Å². The van der Waals surface area contributed by atoms with Crippen molar-refractivity contribution in [3.05, 3.63) is 29.8 Å². The molecule has 0 unspecified atom stereocenters. The lowest BCUT2D eigenvalue weighted by atomic mass is 10.2. The second-order valence-corrected chi connectivity index (χ2v) is 3.24. The van der Waals surface area contributed by atoms with Gasteiger partial charge in [0.25, 0.3) is 5.91 Å². The second-order valence-electron chi connectivity index (χ2n) is 3.24. The molecular weight excluding hydrogens is 194 g/mol. The van der Waals surface area contributed by atoms with Gasteiger partial charge in [0, 0.05) is 7.11 Å². The number of primary amides is 1. The van der Waals surface area contributed by atoms with E-state index < -0.39 is 5.91 Å². The molecule has 1 aromatic carbocycles. The number of nitrogens with two attached hydrogens (primary N) is 1. The van der Waals surface area contributed by atoms with E-state index in [4.69, 9.17) is 15.2 Å². The number of benzene rings is 1. The first-order chi connectivity index (χ1) is 7.15. The third-order valence-corrected chi connectivity index (χ3v) is 1.88. The van der Waals surface area contributed by atoms with E-state index in [-0.39, 0.29) is 6.10 Å². The summed E-state index contributed by atoms with van der Waals surface area (Å²) in [6, 6.07) is 6.89. The standard InChI is InChI=1S/C11H15NO3/c1-8(7-14-2)15-10-6-4-3-5-9(10)11(12)13/h3-6,8H,7H2,1-2H3,(H2,12,13)/t8-/m0/s1. The van der Waals surface area contributed by atoms with Crippen molar-refractivity contribution < 1.29 is 14.3 Å². The van der Waals surface area contributed by atoms with E-state index in [1.165, 1.54) is 0 Å². The molecule has 0 aliphatic heterocycles. The van der Waals surface area contributed by atoms with Crippen LogP contribution in [0.15, 0.2) is 24.3 Å². The van der Waals surface area contributed by atoms with Gasteiger partial charge in [-0.25, -0.2) is 0 Å². The topological polar surface area (TPSA) is 61.6 Å². The quantitative estimate of drug-likeness (QED) is 0.792. The second kappa shape index (κ2) is 5.36. The Balaban J connectivity index is 2.79. The van der Waals surface area contributed by atoms with E-state index in [2.05, 4.69) is 0 Å². The number of carbonyl (C=O) groups is 1. The number of para-hydroxylation sites is 1. The molecule has 15 heavy (non-hydrogen) atoms. The van der Waals surface area contributed by atoms with E-state index in [9.17, 15) is 4.79 Å². The van der Waals surface area contributed by atoms with Gasteiger partial charge < -0.3 is 15.2 Å². The average Bonchev–Trinajstić information content (AvgIpc) is 2.18. The number of ether oxygens (including phenoxy) is 2. The van der Waals surface area contributed by atoms with E-state index in [1.54, 1.807) is 31.4 Å². The molecule has 1 aromatic rings. The summed E-state index contributed by atoms with van der Waals surface area (Å²) >= 11 is 0. The summed E-state index contributed by atoms with van der Waals surface area (Å²) < 4.78 is 10.5. The van der Waals surface area contributed by atoms with Gasteiger partial charge in [-0.2, -0.15) is 0 Å². The zero-order valence-corrected chi connectivity index (χ0v) is 8.90. The van der Waals surface area contributed by atoms with Crippen LogP contribution in [0, 0.1) is 0 Å². The molecule has 0 fully saturated rings. The minimum absolute atomic E-state index is 0.115. The van der Waals surface area contributed by atoms with Crippen LogP contribution < -0.4 is 10.5 Å². The Morgan fingerprint density at radius 2 is 2.13 bits per heavy atom. The molecule has 0 bridgehead atoms. The van der Waals surface area contributed by atoms with Gasteiger partial charge in [-0.1, -0.05) is 12.1 Å². The van der Waals surface area contributed by atoms with Crippen molar-refractivity contribution in [2.75, 3.05) is 13.7 Å². The molecule has 0 radical (unpaired) electrons. The van der Waals surface area contributed by atoms with Gasteiger partial charge in [-0.15, -0.1) is 0 Å². The van der Waals surface area contributed by atoms with Crippen LogP contribution in [0.3, 0.4) is 0 Å². The van der Waals surface area contributed by atoms with Gasteiger partial charge in [-0.05, 0) is 19.1 Å². The van der Waals surface area contributed by atoms with Crippen LogP contribution in [0.5, 0.6) is 5.75 Å². The number of rotatable bonds is 5. The van der Waals surface area contributed by atoms with Crippen LogP contribution in [-0.4, -0.2) is 25.7 Å². The minimum Gasteiger partial charge on any atom is -0.487 e. The molecule has 0 heterocycles. The van der Waals surface area contributed by atoms with Gasteiger partial charge >= 0.3 is 0 Å². The summed E-state index contributed by atoms with van der Waals surface area (Å²) in [5.41, 5.74) is 5.60. The molecule has 0 saturated carbocycles. The molecule has 0 saturated heterocycles. The SMILES string of the molecule is COC[C@H](C)Oc1ccccc1C(N)=O. The molecule has 0 aromatic heterocycles. The zero-order chi connectivity index (χ0) is 11.3. The van der Waals surface area contributed by atoms with Gasteiger partial charge in [-0.3, -0.25) is 4.79 Å². The highest BCUT2D eigenvalue weighted by Gasteiger charge is 2.11. The molecule has 0 spiro atoms. The van der Waals surface area contributed by atoms with E-state index in [0.29, 0.717) is 17.9 Å². The van der Waals surface area contributed by atoms with Crippen LogP contribution in [0.1, 0.15) is 17.3 Å². The molecular formula is C11H15NO3. The number of carbonyl (C=O) groups excluding carboxylic acids is 1. The Bertz CT molecular complexity index is 338. The summed E-state index contributed by atoms with van der Waals surface area (Å²) in [7, 11) is 1.60. The maximum atomic E-state index is 11.1. The summed E-state index contributed by atoms with van der Waals surface area (Å²) in [4.78, 5) is 11.1. The lowest BCUT2D eigenvalue weighted by Crippen LogP contribution is -2.20. The van der Waals surface area contributed by atoms with Crippen molar-refractivity contribution in [1.82, 2.24) is 0 Å². The first kappa shape index (κ1) is 11.5. The molecule has 4 heteroatoms. The van der Waals surface area contributed by atoms with Crippen LogP contribution in [0.25, 0.3) is 0 Å². The molecule has 4 nitrogen and oxygen atoms in total. The number of amides is 1. The number of methoxy groups -OCH3 is 1. The predicted octanol–water partition coefficient (Wildman–Crippen LogP) is 1.20. The first-order valence-corrected chi connectivity index (χ1v) is 4.69. The minimum atomic E-state index is -0.491. The molecule has 0 aliphatic rings. The monoisotopic (exact) mass is 209 g/mol. The molecule has 0 aliphatic carbocycles. The summed E-state index contributed by atoms with van der Waals surface area (Å²) in [6.07, 6.45) is -0.115. The third-order valence-electron chi connectivity index (χ3n) is 1.88. The number of hydrogen-bond acceptors (Lipinski definition) is 3. The van der Waals surface area contributed by atoms with Crippen LogP contribution in [0.2, 0.25) is 0 Å². The lowest BCUT2D eigenvalue weighted by molar-refractivity contribution is 0.0886. The summed E-state index contributed by atoms with van der Waals surface area (Å²) in [5, 5.41) is 0. The molecule has 82 valence electrons. The summed E-state index contributed by atoms with van der Waals surface area (Å²) in [6.45, 7) is 2.33. The first-order valence-electron chi connectivity index (χ1n) is 4.69. The molecule has 1 rings (SSSR count).